The van der Waals surface area contributed by atoms with Gasteiger partial charge in [-0.05, 0) is 6.92 Å². The second-order valence-electron chi connectivity index (χ2n) is 2.51. The standard InChI is InChI=1S/C7H14N4OS/c1-3-11-4-5-13-7(11)10-9-6(12)8-2/h3-5H2,1-2H3,(H2,8,9,12)/b10-7+. The van der Waals surface area contributed by atoms with Crippen LogP contribution in [0.25, 0.3) is 0 Å². The van der Waals surface area contributed by atoms with E-state index in [0.717, 1.165) is 24.0 Å². The number of hydrazone groups is 1. The number of thioether (sulfide) groups is 1. The van der Waals surface area contributed by atoms with Crippen LogP contribution in [0.3, 0.4) is 0 Å². The van der Waals surface area contributed by atoms with E-state index < -0.39 is 0 Å². The first kappa shape index (κ1) is 10.2. The normalized spacial score (nSPS) is 19.2. The number of hydrogen-bond donors (Lipinski definition) is 2. The highest BCUT2D eigenvalue weighted by Crippen LogP contribution is 2.16. The summed E-state index contributed by atoms with van der Waals surface area (Å²) < 4.78 is 0. The molecule has 1 rings (SSSR count). The van der Waals surface area contributed by atoms with E-state index in [-0.39, 0.29) is 6.03 Å². The highest BCUT2D eigenvalue weighted by molar-refractivity contribution is 8.14. The lowest BCUT2D eigenvalue weighted by Gasteiger charge is -2.13. The van der Waals surface area contributed by atoms with Crippen LogP contribution in [-0.4, -0.2) is 42.0 Å². The van der Waals surface area contributed by atoms with Crippen LogP contribution >= 0.6 is 11.8 Å². The molecular weight excluding hydrogens is 188 g/mol. The van der Waals surface area contributed by atoms with Gasteiger partial charge in [-0.15, -0.1) is 5.10 Å². The van der Waals surface area contributed by atoms with Gasteiger partial charge in [0.2, 0.25) is 0 Å². The van der Waals surface area contributed by atoms with Crippen LogP contribution in [-0.2, 0) is 0 Å². The van der Waals surface area contributed by atoms with Crippen LogP contribution in [0.1, 0.15) is 6.92 Å². The molecular formula is C7H14N4OS. The number of amidine groups is 1. The minimum Gasteiger partial charge on any atom is -0.349 e. The maximum absolute atomic E-state index is 10.8. The Morgan fingerprint density at radius 3 is 3.15 bits per heavy atom. The SMILES string of the molecule is CCN1CCS/C1=N/NC(=O)NC. The van der Waals surface area contributed by atoms with Crippen molar-refractivity contribution >= 4 is 23.0 Å². The molecule has 0 aliphatic carbocycles. The van der Waals surface area contributed by atoms with Gasteiger partial charge in [0.05, 0.1) is 0 Å². The van der Waals surface area contributed by atoms with E-state index in [2.05, 4.69) is 27.7 Å². The van der Waals surface area contributed by atoms with Gasteiger partial charge < -0.3 is 10.2 Å². The highest BCUT2D eigenvalue weighted by atomic mass is 32.2. The number of nitrogens with one attached hydrogen (secondary N) is 2. The fraction of sp³-hybridized carbons (Fsp3) is 0.714. The van der Waals surface area contributed by atoms with Gasteiger partial charge in [0.25, 0.3) is 0 Å². The number of carbonyl (C=O) groups excluding carboxylic acids is 1. The van der Waals surface area contributed by atoms with E-state index >= 15 is 0 Å². The third kappa shape index (κ3) is 2.80. The molecule has 1 aliphatic rings. The lowest BCUT2D eigenvalue weighted by Crippen LogP contribution is -2.32. The molecule has 0 atom stereocenters. The second kappa shape index (κ2) is 4.96. The van der Waals surface area contributed by atoms with E-state index in [4.69, 9.17) is 0 Å². The Balaban J connectivity index is 2.45. The summed E-state index contributed by atoms with van der Waals surface area (Å²) in [6.07, 6.45) is 0. The predicted molar refractivity (Wildman–Crippen MR) is 54.7 cm³/mol. The van der Waals surface area contributed by atoms with E-state index in [1.54, 1.807) is 18.8 Å². The van der Waals surface area contributed by atoms with E-state index in [1.165, 1.54) is 0 Å². The fourth-order valence-electron chi connectivity index (χ4n) is 0.985. The third-order valence-electron chi connectivity index (χ3n) is 1.72. The molecule has 1 fully saturated rings. The van der Waals surface area contributed by atoms with Gasteiger partial charge in [0, 0.05) is 25.9 Å². The van der Waals surface area contributed by atoms with Gasteiger partial charge in [0.1, 0.15) is 0 Å². The minimum atomic E-state index is -0.281. The number of hydrogen-bond acceptors (Lipinski definition) is 3. The van der Waals surface area contributed by atoms with Crippen LogP contribution in [0.2, 0.25) is 0 Å². The van der Waals surface area contributed by atoms with E-state index in [0.29, 0.717) is 0 Å². The second-order valence-corrected chi connectivity index (χ2v) is 3.58. The maximum atomic E-state index is 10.8. The summed E-state index contributed by atoms with van der Waals surface area (Å²) in [5.41, 5.74) is 2.41. The topological polar surface area (TPSA) is 56.7 Å². The first-order valence-corrected chi connectivity index (χ1v) is 5.19. The Morgan fingerprint density at radius 1 is 1.77 bits per heavy atom. The molecule has 0 bridgehead atoms. The van der Waals surface area contributed by atoms with Crippen LogP contribution in [0.4, 0.5) is 4.79 Å². The van der Waals surface area contributed by atoms with E-state index in [1.807, 2.05) is 0 Å². The zero-order valence-electron chi connectivity index (χ0n) is 7.83. The van der Waals surface area contributed by atoms with Crippen LogP contribution in [0.5, 0.6) is 0 Å². The van der Waals surface area contributed by atoms with Gasteiger partial charge >= 0.3 is 6.03 Å². The molecule has 5 nitrogen and oxygen atoms in total. The van der Waals surface area contributed by atoms with Gasteiger partial charge in [-0.1, -0.05) is 11.8 Å². The third-order valence-corrected chi connectivity index (χ3v) is 2.72. The first-order valence-electron chi connectivity index (χ1n) is 4.21. The molecule has 0 spiro atoms. The molecule has 0 aromatic carbocycles. The zero-order chi connectivity index (χ0) is 9.68. The number of amides is 2. The smallest absolute Gasteiger partial charge is 0.335 e. The maximum Gasteiger partial charge on any atom is 0.335 e. The number of carbonyl (C=O) groups is 1. The van der Waals surface area contributed by atoms with Crippen molar-refractivity contribution in [3.63, 3.8) is 0 Å². The van der Waals surface area contributed by atoms with Crippen molar-refractivity contribution < 1.29 is 4.79 Å². The van der Waals surface area contributed by atoms with Gasteiger partial charge in [0.15, 0.2) is 5.17 Å². The lowest BCUT2D eigenvalue weighted by atomic mass is 10.6. The molecule has 0 aromatic rings. The number of rotatable bonds is 2. The predicted octanol–water partition coefficient (Wildman–Crippen LogP) is 0.255. The average Bonchev–Trinajstić information content (AvgIpc) is 2.61. The summed E-state index contributed by atoms with van der Waals surface area (Å²) in [7, 11) is 1.56. The Bertz CT molecular complexity index is 219. The molecule has 6 heteroatoms. The first-order chi connectivity index (χ1) is 6.27. The molecule has 0 radical (unpaired) electrons. The van der Waals surface area contributed by atoms with Crippen molar-refractivity contribution in [3.05, 3.63) is 0 Å². The van der Waals surface area contributed by atoms with Crippen LogP contribution < -0.4 is 10.7 Å². The molecule has 0 unspecified atom stereocenters. The molecule has 74 valence electrons. The number of urea groups is 1. The van der Waals surface area contributed by atoms with E-state index in [9.17, 15) is 4.79 Å². The molecule has 13 heavy (non-hydrogen) atoms. The summed E-state index contributed by atoms with van der Waals surface area (Å²) in [6.45, 7) is 4.01. The molecule has 1 saturated heterocycles. The summed E-state index contributed by atoms with van der Waals surface area (Å²) in [4.78, 5) is 12.9. The Morgan fingerprint density at radius 2 is 2.54 bits per heavy atom. The zero-order valence-corrected chi connectivity index (χ0v) is 8.65. The highest BCUT2D eigenvalue weighted by Gasteiger charge is 2.17. The van der Waals surface area contributed by atoms with Gasteiger partial charge in [-0.25, -0.2) is 10.2 Å². The van der Waals surface area contributed by atoms with Crippen molar-refractivity contribution in [2.45, 2.75) is 6.92 Å². The largest absolute Gasteiger partial charge is 0.349 e. The molecule has 0 aromatic heterocycles. The monoisotopic (exact) mass is 202 g/mol. The summed E-state index contributed by atoms with van der Waals surface area (Å²) >= 11 is 1.66. The number of nitrogens with zero attached hydrogens (tertiary/aromatic N) is 2. The Labute approximate surface area is 81.9 Å². The Kier molecular flexibility index (Phi) is 3.88. The van der Waals surface area contributed by atoms with Crippen molar-refractivity contribution in [1.82, 2.24) is 15.6 Å². The fourth-order valence-corrected chi connectivity index (χ4v) is 1.99. The summed E-state index contributed by atoms with van der Waals surface area (Å²) in [6, 6.07) is -0.281. The minimum absolute atomic E-state index is 0.281. The van der Waals surface area contributed by atoms with Gasteiger partial charge in [-0.2, -0.15) is 0 Å². The van der Waals surface area contributed by atoms with Gasteiger partial charge in [-0.3, -0.25) is 0 Å². The van der Waals surface area contributed by atoms with Crippen molar-refractivity contribution in [2.75, 3.05) is 25.9 Å². The lowest BCUT2D eigenvalue weighted by molar-refractivity contribution is 0.243. The Hall–Kier alpha value is -0.910. The molecule has 1 aliphatic heterocycles. The van der Waals surface area contributed by atoms with Crippen molar-refractivity contribution in [2.24, 2.45) is 5.10 Å². The van der Waals surface area contributed by atoms with Crippen LogP contribution in [0.15, 0.2) is 5.10 Å². The molecule has 2 amide bonds. The summed E-state index contributed by atoms with van der Waals surface area (Å²) in [5.74, 6) is 1.04. The molecule has 2 N–H and O–H groups in total. The quantitative estimate of drug-likeness (QED) is 0.631. The molecule has 1 heterocycles. The summed E-state index contributed by atoms with van der Waals surface area (Å²) in [5, 5.41) is 7.32. The average molecular weight is 202 g/mol. The van der Waals surface area contributed by atoms with Crippen LogP contribution in [0, 0.1) is 0 Å². The van der Waals surface area contributed by atoms with Crippen molar-refractivity contribution in [1.29, 1.82) is 0 Å². The van der Waals surface area contributed by atoms with Crippen molar-refractivity contribution in [3.8, 4) is 0 Å². The molecule has 0 saturated carbocycles.